The average molecular weight is 314 g/mol. The maximum absolute atomic E-state index is 12.0. The Hall–Kier alpha value is -2.59. The average Bonchev–Trinajstić information content (AvgIpc) is 2.47. The Morgan fingerprint density at radius 3 is 2.59 bits per heavy atom. The number of hydrogen-bond donors (Lipinski definition) is 1. The second kappa shape index (κ2) is 6.45. The van der Waals surface area contributed by atoms with Gasteiger partial charge in [-0.3, -0.25) is 4.79 Å². The Kier molecular flexibility index (Phi) is 4.63. The van der Waals surface area contributed by atoms with Crippen LogP contribution >= 0.6 is 11.8 Å². The van der Waals surface area contributed by atoms with E-state index in [4.69, 9.17) is 5.26 Å². The highest BCUT2D eigenvalue weighted by atomic mass is 32.2. The van der Waals surface area contributed by atoms with Crippen LogP contribution in [-0.4, -0.2) is 21.2 Å². The van der Waals surface area contributed by atoms with Crippen molar-refractivity contribution >= 4 is 17.7 Å². The van der Waals surface area contributed by atoms with Gasteiger partial charge in [-0.1, -0.05) is 41.6 Å². The third-order valence-corrected chi connectivity index (χ3v) is 3.92. The molecule has 0 unspecified atom stereocenters. The van der Waals surface area contributed by atoms with Crippen LogP contribution in [0.3, 0.4) is 0 Å². The summed E-state index contributed by atoms with van der Waals surface area (Å²) in [6.07, 6.45) is 0. The Morgan fingerprint density at radius 1 is 1.41 bits per heavy atom. The molecule has 0 bridgehead atoms. The molecule has 22 heavy (non-hydrogen) atoms. The minimum Gasteiger partial charge on any atom is -0.549 e. The first-order valence-corrected chi connectivity index (χ1v) is 7.29. The predicted octanol–water partition coefficient (Wildman–Crippen LogP) is 0.847. The van der Waals surface area contributed by atoms with Gasteiger partial charge in [-0.05, 0) is 13.8 Å². The summed E-state index contributed by atoms with van der Waals surface area (Å²) in [5.74, 6) is -1.26. The third-order valence-electron chi connectivity index (χ3n) is 2.95. The molecule has 0 saturated carbocycles. The number of H-pyrrole nitrogens is 1. The summed E-state index contributed by atoms with van der Waals surface area (Å²) < 4.78 is 0. The third kappa shape index (κ3) is 3.35. The molecule has 1 heterocycles. The van der Waals surface area contributed by atoms with Gasteiger partial charge in [0.15, 0.2) is 5.16 Å². The van der Waals surface area contributed by atoms with Crippen molar-refractivity contribution in [3.8, 4) is 17.3 Å². The molecule has 0 aliphatic carbocycles. The lowest BCUT2D eigenvalue weighted by molar-refractivity contribution is -0.304. The molecule has 0 aliphatic rings. The quantitative estimate of drug-likeness (QED) is 0.661. The number of aliphatic carboxylic acids is 1. The van der Waals surface area contributed by atoms with Crippen molar-refractivity contribution in [3.63, 3.8) is 0 Å². The molecule has 2 aromatic rings. The summed E-state index contributed by atoms with van der Waals surface area (Å²) in [7, 11) is 0. The standard InChI is InChI=1S/C15H13N3O3S/c1-8-3-5-10(6-4-8)12-11(7-16)13(19)18-15(17-12)22-9(2)14(20)21/h3-6,9H,1-2H3,(H,20,21)(H,17,18,19)/p-1/t9-/m1/s1. The van der Waals surface area contributed by atoms with Crippen molar-refractivity contribution in [2.24, 2.45) is 0 Å². The number of nitrogens with zero attached hydrogens (tertiary/aromatic N) is 2. The van der Waals surface area contributed by atoms with Crippen LogP contribution in [0, 0.1) is 18.3 Å². The van der Waals surface area contributed by atoms with E-state index in [0.717, 1.165) is 17.3 Å². The van der Waals surface area contributed by atoms with E-state index in [0.29, 0.717) is 5.56 Å². The van der Waals surface area contributed by atoms with E-state index < -0.39 is 16.8 Å². The molecule has 0 saturated heterocycles. The molecule has 1 aromatic carbocycles. The first kappa shape index (κ1) is 15.8. The number of nitriles is 1. The Morgan fingerprint density at radius 2 is 2.05 bits per heavy atom. The van der Waals surface area contributed by atoms with Crippen LogP contribution in [-0.2, 0) is 4.79 Å². The molecule has 7 heteroatoms. The number of carbonyl (C=O) groups is 1. The maximum Gasteiger partial charge on any atom is 0.270 e. The van der Waals surface area contributed by atoms with Crippen LogP contribution in [0.2, 0.25) is 0 Å². The molecule has 0 fully saturated rings. The summed E-state index contributed by atoms with van der Waals surface area (Å²) >= 11 is 0.859. The number of aromatic amines is 1. The fourth-order valence-electron chi connectivity index (χ4n) is 1.75. The number of aromatic nitrogens is 2. The SMILES string of the molecule is Cc1ccc(-c2nc(S[C@H](C)C(=O)[O-])[nH]c(=O)c2C#N)cc1. The van der Waals surface area contributed by atoms with Gasteiger partial charge in [0.1, 0.15) is 11.6 Å². The predicted molar refractivity (Wildman–Crippen MR) is 80.1 cm³/mol. The Labute approximate surface area is 130 Å². The smallest absolute Gasteiger partial charge is 0.270 e. The highest BCUT2D eigenvalue weighted by molar-refractivity contribution is 8.00. The molecule has 1 N–H and O–H groups in total. The summed E-state index contributed by atoms with van der Waals surface area (Å²) in [4.78, 5) is 29.4. The van der Waals surface area contributed by atoms with E-state index in [1.54, 1.807) is 12.1 Å². The molecule has 6 nitrogen and oxygen atoms in total. The molecular weight excluding hydrogens is 302 g/mol. The normalized spacial score (nSPS) is 11.7. The number of carboxylic acid groups (broad SMARTS) is 1. The summed E-state index contributed by atoms with van der Waals surface area (Å²) in [5.41, 5.74) is 1.19. The number of carboxylic acids is 1. The first-order chi connectivity index (χ1) is 10.4. The van der Waals surface area contributed by atoms with Gasteiger partial charge in [-0.2, -0.15) is 5.26 Å². The number of nitrogens with one attached hydrogen (secondary N) is 1. The minimum absolute atomic E-state index is 0.102. The zero-order valence-corrected chi connectivity index (χ0v) is 12.7. The fourth-order valence-corrected chi connectivity index (χ4v) is 2.47. The van der Waals surface area contributed by atoms with E-state index in [2.05, 4.69) is 9.97 Å². The van der Waals surface area contributed by atoms with Crippen molar-refractivity contribution in [2.45, 2.75) is 24.3 Å². The van der Waals surface area contributed by atoms with Gasteiger partial charge < -0.3 is 14.9 Å². The van der Waals surface area contributed by atoms with Gasteiger partial charge in [0.25, 0.3) is 5.56 Å². The van der Waals surface area contributed by atoms with Crippen molar-refractivity contribution in [2.75, 3.05) is 0 Å². The lowest BCUT2D eigenvalue weighted by Gasteiger charge is -2.12. The maximum atomic E-state index is 12.0. The van der Waals surface area contributed by atoms with E-state index in [-0.39, 0.29) is 16.4 Å². The second-order valence-electron chi connectivity index (χ2n) is 4.65. The zero-order chi connectivity index (χ0) is 16.3. The molecule has 0 radical (unpaired) electrons. The van der Waals surface area contributed by atoms with Gasteiger partial charge in [-0.15, -0.1) is 0 Å². The molecule has 112 valence electrons. The molecule has 0 amide bonds. The fraction of sp³-hybridized carbons (Fsp3) is 0.200. The van der Waals surface area contributed by atoms with E-state index >= 15 is 0 Å². The monoisotopic (exact) mass is 314 g/mol. The van der Waals surface area contributed by atoms with Crippen LogP contribution in [0.4, 0.5) is 0 Å². The van der Waals surface area contributed by atoms with Crippen molar-refractivity contribution < 1.29 is 9.90 Å². The van der Waals surface area contributed by atoms with Gasteiger partial charge in [0.05, 0.1) is 11.7 Å². The lowest BCUT2D eigenvalue weighted by atomic mass is 10.1. The lowest BCUT2D eigenvalue weighted by Crippen LogP contribution is -2.31. The van der Waals surface area contributed by atoms with Crippen molar-refractivity contribution in [1.29, 1.82) is 5.26 Å². The number of aryl methyl sites for hydroxylation is 1. The van der Waals surface area contributed by atoms with E-state index in [1.807, 2.05) is 25.1 Å². The minimum atomic E-state index is -1.26. The van der Waals surface area contributed by atoms with E-state index in [9.17, 15) is 14.7 Å². The van der Waals surface area contributed by atoms with Crippen LogP contribution in [0.15, 0.2) is 34.2 Å². The highest BCUT2D eigenvalue weighted by Gasteiger charge is 2.15. The van der Waals surface area contributed by atoms with Crippen LogP contribution in [0.5, 0.6) is 0 Å². The number of carbonyl (C=O) groups excluding carboxylic acids is 1. The van der Waals surface area contributed by atoms with E-state index in [1.165, 1.54) is 6.92 Å². The summed E-state index contributed by atoms with van der Waals surface area (Å²) in [6, 6.07) is 9.04. The largest absolute Gasteiger partial charge is 0.549 e. The number of benzene rings is 1. The van der Waals surface area contributed by atoms with Gasteiger partial charge >= 0.3 is 0 Å². The first-order valence-electron chi connectivity index (χ1n) is 6.41. The molecular formula is C15H12N3O3S-. The molecule has 1 atom stereocenters. The Bertz CT molecular complexity index is 806. The summed E-state index contributed by atoms with van der Waals surface area (Å²) in [5, 5.41) is 19.2. The highest BCUT2D eigenvalue weighted by Crippen LogP contribution is 2.24. The topological polar surface area (TPSA) is 110 Å². The Balaban J connectivity index is 2.54. The van der Waals surface area contributed by atoms with Gasteiger partial charge in [0.2, 0.25) is 0 Å². The molecule has 0 spiro atoms. The summed E-state index contributed by atoms with van der Waals surface area (Å²) in [6.45, 7) is 3.35. The van der Waals surface area contributed by atoms with Crippen LogP contribution in [0.25, 0.3) is 11.3 Å². The molecule has 1 aromatic heterocycles. The van der Waals surface area contributed by atoms with Crippen LogP contribution in [0.1, 0.15) is 18.1 Å². The van der Waals surface area contributed by atoms with Gasteiger partial charge in [-0.25, -0.2) is 4.98 Å². The second-order valence-corrected chi connectivity index (χ2v) is 5.98. The van der Waals surface area contributed by atoms with Crippen molar-refractivity contribution in [1.82, 2.24) is 9.97 Å². The molecule has 0 aliphatic heterocycles. The number of hydrogen-bond acceptors (Lipinski definition) is 6. The zero-order valence-electron chi connectivity index (χ0n) is 11.9. The molecule has 2 rings (SSSR count). The number of rotatable bonds is 4. The van der Waals surface area contributed by atoms with Crippen LogP contribution < -0.4 is 10.7 Å². The van der Waals surface area contributed by atoms with Crippen molar-refractivity contribution in [3.05, 3.63) is 45.7 Å². The van der Waals surface area contributed by atoms with Gasteiger partial charge in [0, 0.05) is 10.8 Å². The number of thioether (sulfide) groups is 1.